The van der Waals surface area contributed by atoms with Gasteiger partial charge in [-0.1, -0.05) is 11.8 Å². The summed E-state index contributed by atoms with van der Waals surface area (Å²) < 4.78 is 4.80. The number of methoxy groups -OCH3 is 1. The van der Waals surface area contributed by atoms with Gasteiger partial charge in [0, 0.05) is 0 Å². The molecule has 2 aliphatic heterocycles. The molecule has 0 unspecified atom stereocenters. The van der Waals surface area contributed by atoms with Gasteiger partial charge in [0.25, 0.3) is 5.12 Å². The summed E-state index contributed by atoms with van der Waals surface area (Å²) >= 11 is 1.15. The van der Waals surface area contributed by atoms with Gasteiger partial charge in [-0.3, -0.25) is 9.59 Å². The van der Waals surface area contributed by atoms with Crippen LogP contribution in [0.25, 0.3) is 0 Å². The molecule has 2 aliphatic rings. The average Bonchev–Trinajstić information content (AvgIpc) is 2.04. The van der Waals surface area contributed by atoms with Crippen LogP contribution in [-0.4, -0.2) is 28.4 Å². The zero-order valence-corrected chi connectivity index (χ0v) is 7.26. The standard InChI is InChI=1S/C7H7NO3S/c1-11-4-3-8-5(9)2-6(8)12-7(4)10/h3,6H,2H2,1H3/t6-/m1/s1. The number of nitrogens with zero attached hydrogens (tertiary/aromatic N) is 1. The van der Waals surface area contributed by atoms with Crippen LogP contribution in [0.3, 0.4) is 0 Å². The van der Waals surface area contributed by atoms with Gasteiger partial charge in [-0.25, -0.2) is 0 Å². The Morgan fingerprint density at radius 1 is 1.67 bits per heavy atom. The number of amides is 1. The predicted molar refractivity (Wildman–Crippen MR) is 42.9 cm³/mol. The number of thioether (sulfide) groups is 1. The maximum absolute atomic E-state index is 11.2. The molecular weight excluding hydrogens is 178 g/mol. The number of β-lactam (4-membered cyclic amide) rings is 1. The topological polar surface area (TPSA) is 46.6 Å². The third-order valence-corrected chi connectivity index (χ3v) is 2.95. The van der Waals surface area contributed by atoms with E-state index in [0.717, 1.165) is 11.8 Å². The first-order valence-corrected chi connectivity index (χ1v) is 4.38. The van der Waals surface area contributed by atoms with Gasteiger partial charge in [0.1, 0.15) is 0 Å². The van der Waals surface area contributed by atoms with Crippen molar-refractivity contribution >= 4 is 22.8 Å². The van der Waals surface area contributed by atoms with Gasteiger partial charge in [-0.05, 0) is 0 Å². The molecule has 0 spiro atoms. The first kappa shape index (κ1) is 7.67. The maximum atomic E-state index is 11.2. The number of fused-ring (bicyclic) bond motifs is 1. The van der Waals surface area contributed by atoms with Crippen molar-refractivity contribution in [2.75, 3.05) is 7.11 Å². The van der Waals surface area contributed by atoms with Crippen molar-refractivity contribution in [2.45, 2.75) is 11.8 Å². The Bertz CT molecular complexity index is 286. The SMILES string of the molecule is COC1=CN2C(=O)C[C@H]2SC1=O. The fraction of sp³-hybridized carbons (Fsp3) is 0.429. The van der Waals surface area contributed by atoms with E-state index in [2.05, 4.69) is 0 Å². The van der Waals surface area contributed by atoms with Crippen molar-refractivity contribution in [3.8, 4) is 0 Å². The van der Waals surface area contributed by atoms with Crippen LogP contribution in [0.15, 0.2) is 12.0 Å². The van der Waals surface area contributed by atoms with Gasteiger partial charge in [0.2, 0.25) is 5.91 Å². The second kappa shape index (κ2) is 2.52. The van der Waals surface area contributed by atoms with E-state index < -0.39 is 0 Å². The monoisotopic (exact) mass is 185 g/mol. The number of carbonyl (C=O) groups is 2. The average molecular weight is 185 g/mol. The second-order valence-corrected chi connectivity index (χ2v) is 3.71. The molecule has 5 heteroatoms. The Hall–Kier alpha value is -0.970. The highest BCUT2D eigenvalue weighted by molar-refractivity contribution is 8.14. The van der Waals surface area contributed by atoms with E-state index in [1.54, 1.807) is 0 Å². The molecule has 0 saturated carbocycles. The molecule has 1 atom stereocenters. The van der Waals surface area contributed by atoms with Crippen molar-refractivity contribution in [2.24, 2.45) is 0 Å². The quantitative estimate of drug-likeness (QED) is 0.551. The largest absolute Gasteiger partial charge is 0.491 e. The van der Waals surface area contributed by atoms with Crippen molar-refractivity contribution in [3.63, 3.8) is 0 Å². The highest BCUT2D eigenvalue weighted by Gasteiger charge is 2.41. The Balaban J connectivity index is 2.24. The molecule has 1 amide bonds. The molecule has 12 heavy (non-hydrogen) atoms. The van der Waals surface area contributed by atoms with E-state index in [4.69, 9.17) is 4.74 Å². The van der Waals surface area contributed by atoms with Crippen LogP contribution in [0.4, 0.5) is 0 Å². The summed E-state index contributed by atoms with van der Waals surface area (Å²) in [6.07, 6.45) is 1.94. The first-order chi connectivity index (χ1) is 5.72. The van der Waals surface area contributed by atoms with E-state index in [0.29, 0.717) is 6.42 Å². The lowest BCUT2D eigenvalue weighted by atomic mass is 10.2. The molecule has 2 heterocycles. The number of hydrogen-bond donors (Lipinski definition) is 0. The molecule has 1 fully saturated rings. The molecule has 0 radical (unpaired) electrons. The van der Waals surface area contributed by atoms with Crippen LogP contribution >= 0.6 is 11.8 Å². The van der Waals surface area contributed by atoms with E-state index in [1.165, 1.54) is 18.2 Å². The molecule has 0 aromatic heterocycles. The van der Waals surface area contributed by atoms with Crippen molar-refractivity contribution < 1.29 is 14.3 Å². The molecule has 0 aliphatic carbocycles. The zero-order valence-electron chi connectivity index (χ0n) is 6.44. The van der Waals surface area contributed by atoms with Crippen LogP contribution in [0, 0.1) is 0 Å². The summed E-state index contributed by atoms with van der Waals surface area (Å²) in [5.41, 5.74) is 0. The normalized spacial score (nSPS) is 27.6. The summed E-state index contributed by atoms with van der Waals surface area (Å²) in [5.74, 6) is 0.304. The molecule has 0 aromatic carbocycles. The number of carbonyl (C=O) groups excluding carboxylic acids is 2. The number of hydrogen-bond acceptors (Lipinski definition) is 4. The van der Waals surface area contributed by atoms with Gasteiger partial charge < -0.3 is 9.64 Å². The van der Waals surface area contributed by atoms with E-state index >= 15 is 0 Å². The summed E-state index contributed by atoms with van der Waals surface area (Å²) in [7, 11) is 1.43. The lowest BCUT2D eigenvalue weighted by molar-refractivity contribution is -0.138. The lowest BCUT2D eigenvalue weighted by Crippen LogP contribution is -2.50. The fourth-order valence-electron chi connectivity index (χ4n) is 1.15. The molecule has 4 nitrogen and oxygen atoms in total. The lowest BCUT2D eigenvalue weighted by Gasteiger charge is -2.39. The van der Waals surface area contributed by atoms with E-state index in [9.17, 15) is 9.59 Å². The van der Waals surface area contributed by atoms with Gasteiger partial charge in [0.05, 0.1) is 25.1 Å². The van der Waals surface area contributed by atoms with Gasteiger partial charge in [0.15, 0.2) is 5.76 Å². The van der Waals surface area contributed by atoms with Crippen LogP contribution in [-0.2, 0) is 14.3 Å². The summed E-state index contributed by atoms with van der Waals surface area (Å²) in [6, 6.07) is 0. The minimum atomic E-state index is -0.0914. The zero-order chi connectivity index (χ0) is 8.72. The van der Waals surface area contributed by atoms with Crippen molar-refractivity contribution in [3.05, 3.63) is 12.0 Å². The minimum absolute atomic E-state index is 0.0175. The summed E-state index contributed by atoms with van der Waals surface area (Å²) in [4.78, 5) is 23.6. The van der Waals surface area contributed by atoms with E-state index in [1.807, 2.05) is 0 Å². The number of rotatable bonds is 1. The van der Waals surface area contributed by atoms with Gasteiger partial charge in [-0.2, -0.15) is 0 Å². The van der Waals surface area contributed by atoms with E-state index in [-0.39, 0.29) is 22.2 Å². The Kier molecular flexibility index (Phi) is 1.61. The summed E-state index contributed by atoms with van der Waals surface area (Å²) in [5, 5.41) is -0.0739. The van der Waals surface area contributed by atoms with Crippen molar-refractivity contribution in [1.29, 1.82) is 0 Å². The maximum Gasteiger partial charge on any atom is 0.257 e. The highest BCUT2D eigenvalue weighted by Crippen LogP contribution is 2.36. The fourth-order valence-corrected chi connectivity index (χ4v) is 2.17. The smallest absolute Gasteiger partial charge is 0.257 e. The predicted octanol–water partition coefficient (Wildman–Crippen LogP) is 0.306. The number of ether oxygens (including phenoxy) is 1. The molecular formula is C7H7NO3S. The highest BCUT2D eigenvalue weighted by atomic mass is 32.2. The minimum Gasteiger partial charge on any atom is -0.491 e. The molecule has 2 rings (SSSR count). The molecule has 0 aromatic rings. The third-order valence-electron chi connectivity index (χ3n) is 1.87. The van der Waals surface area contributed by atoms with Gasteiger partial charge in [-0.15, -0.1) is 0 Å². The Morgan fingerprint density at radius 2 is 2.42 bits per heavy atom. The second-order valence-electron chi connectivity index (χ2n) is 2.56. The molecule has 1 saturated heterocycles. The Labute approximate surface area is 73.5 Å². The summed E-state index contributed by atoms with van der Waals surface area (Å²) in [6.45, 7) is 0. The molecule has 0 N–H and O–H groups in total. The van der Waals surface area contributed by atoms with Gasteiger partial charge >= 0.3 is 0 Å². The van der Waals surface area contributed by atoms with Crippen LogP contribution in [0.1, 0.15) is 6.42 Å². The third kappa shape index (κ3) is 0.929. The van der Waals surface area contributed by atoms with Crippen LogP contribution in [0.5, 0.6) is 0 Å². The molecule has 64 valence electrons. The van der Waals surface area contributed by atoms with Crippen LogP contribution in [0.2, 0.25) is 0 Å². The molecule has 0 bridgehead atoms. The first-order valence-electron chi connectivity index (χ1n) is 3.50. The van der Waals surface area contributed by atoms with Crippen LogP contribution < -0.4 is 0 Å². The van der Waals surface area contributed by atoms with Crippen molar-refractivity contribution in [1.82, 2.24) is 4.90 Å². The Morgan fingerprint density at radius 3 is 3.00 bits per heavy atom.